The Labute approximate surface area is 77.7 Å². The Balaban J connectivity index is -0.000000118. The van der Waals surface area contributed by atoms with Gasteiger partial charge in [0.05, 0.1) is 15.7 Å². The summed E-state index contributed by atoms with van der Waals surface area (Å²) in [4.78, 5) is 9.75. The summed E-state index contributed by atoms with van der Waals surface area (Å²) < 4.78 is 22.3. The number of hydrogen-bond acceptors (Lipinski definition) is 4. The van der Waals surface area contributed by atoms with Gasteiger partial charge in [0.2, 0.25) is 0 Å². The van der Waals surface area contributed by atoms with Gasteiger partial charge in [-0.1, -0.05) is 17.1 Å². The molecule has 0 aliphatic carbocycles. The van der Waals surface area contributed by atoms with Gasteiger partial charge in [0.25, 0.3) is 0 Å². The summed E-state index contributed by atoms with van der Waals surface area (Å²) in [7, 11) is -1.46. The van der Waals surface area contributed by atoms with Crippen LogP contribution in [0.5, 0.6) is 0 Å². The van der Waals surface area contributed by atoms with Gasteiger partial charge in [-0.2, -0.15) is 0 Å². The molecule has 0 aliphatic rings. The van der Waals surface area contributed by atoms with Gasteiger partial charge in [-0.25, -0.2) is 0 Å². The lowest BCUT2D eigenvalue weighted by Gasteiger charge is -1.85. The molecule has 0 aromatic carbocycles. The molecule has 0 rings (SSSR count). The average Bonchev–Trinajstić information content (AvgIpc) is 1.90. The molecule has 0 saturated heterocycles. The molecule has 0 radical (unpaired) electrons. The molecule has 72 valence electrons. The number of ether oxygens (including phenoxy) is 1. The van der Waals surface area contributed by atoms with Crippen LogP contribution in [0.2, 0.25) is 0 Å². The normalized spacial score (nSPS) is 9.17. The molecule has 6 heteroatoms. The predicted molar refractivity (Wildman–Crippen MR) is 52.1 cm³/mol. The summed E-state index contributed by atoms with van der Waals surface area (Å²) in [5, 5.41) is 0. The Morgan fingerprint density at radius 1 is 1.67 bits per heavy atom. The fourth-order valence-electron chi connectivity index (χ4n) is 0.117. The van der Waals surface area contributed by atoms with Crippen LogP contribution in [0.15, 0.2) is 26.0 Å². The van der Waals surface area contributed by atoms with E-state index in [1.165, 1.54) is 6.92 Å². The molecule has 0 N–H and O–H groups in total. The van der Waals surface area contributed by atoms with Crippen molar-refractivity contribution in [2.75, 3.05) is 0 Å². The molecule has 0 spiro atoms. The molecule has 0 bridgehead atoms. The van der Waals surface area contributed by atoms with E-state index in [1.807, 2.05) is 0 Å². The van der Waals surface area contributed by atoms with Gasteiger partial charge < -0.3 is 9.29 Å². The van der Waals surface area contributed by atoms with E-state index in [0.29, 0.717) is 0 Å². The van der Waals surface area contributed by atoms with Crippen LogP contribution in [0.1, 0.15) is 6.92 Å². The van der Waals surface area contributed by atoms with Crippen LogP contribution in [-0.2, 0) is 20.1 Å². The smallest absolute Gasteiger partial charge is 0.307 e. The molecular weight excluding hydrogens is 196 g/mol. The monoisotopic (exact) mass is 209 g/mol. The van der Waals surface area contributed by atoms with E-state index < -0.39 is 10.5 Å². The second kappa shape index (κ2) is 16.7. The SMILES string of the molecule is C=C.C=COC(C)=O.O=S([O-])[SiH3]. The van der Waals surface area contributed by atoms with E-state index in [4.69, 9.17) is 8.76 Å². The summed E-state index contributed by atoms with van der Waals surface area (Å²) in [6.07, 6.45) is 1.10. The topological polar surface area (TPSA) is 66.4 Å². The van der Waals surface area contributed by atoms with Crippen molar-refractivity contribution in [3.8, 4) is 0 Å². The molecule has 0 saturated carbocycles. The Hall–Kier alpha value is -0.723. The van der Waals surface area contributed by atoms with Crippen LogP contribution in [0.25, 0.3) is 0 Å². The van der Waals surface area contributed by atoms with Gasteiger partial charge >= 0.3 is 5.97 Å². The van der Waals surface area contributed by atoms with Crippen LogP contribution in [0, 0.1) is 0 Å². The van der Waals surface area contributed by atoms with Crippen LogP contribution < -0.4 is 0 Å². The maximum atomic E-state index is 9.75. The third-order valence-electron chi connectivity index (χ3n) is 0.249. The lowest BCUT2D eigenvalue weighted by atomic mass is 10.8. The quantitative estimate of drug-likeness (QED) is 0.194. The Morgan fingerprint density at radius 3 is 1.92 bits per heavy atom. The first-order valence-electron chi connectivity index (χ1n) is 2.79. The van der Waals surface area contributed by atoms with E-state index in [2.05, 4.69) is 24.5 Å². The number of hydrogen-bond donors (Lipinski definition) is 0. The van der Waals surface area contributed by atoms with E-state index in [-0.39, 0.29) is 15.4 Å². The molecule has 0 aromatic heterocycles. The molecule has 0 aromatic rings. The zero-order valence-corrected chi connectivity index (χ0v) is 10.1. The lowest BCUT2D eigenvalue weighted by Crippen LogP contribution is -1.87. The second-order valence-electron chi connectivity index (χ2n) is 1.18. The molecule has 1 atom stereocenters. The number of esters is 1. The maximum Gasteiger partial charge on any atom is 0.307 e. The zero-order valence-electron chi connectivity index (χ0n) is 7.24. The van der Waals surface area contributed by atoms with Crippen LogP contribution in [0.3, 0.4) is 0 Å². The molecule has 1 unspecified atom stereocenters. The van der Waals surface area contributed by atoms with Crippen molar-refractivity contribution in [1.82, 2.24) is 0 Å². The third-order valence-corrected chi connectivity index (χ3v) is 0.249. The molecule has 0 fully saturated rings. The third kappa shape index (κ3) is 123. The summed E-state index contributed by atoms with van der Waals surface area (Å²) in [6, 6.07) is 0. The maximum absolute atomic E-state index is 9.75. The first-order chi connectivity index (χ1) is 5.50. The Morgan fingerprint density at radius 2 is 1.92 bits per heavy atom. The van der Waals surface area contributed by atoms with E-state index >= 15 is 0 Å². The van der Waals surface area contributed by atoms with Gasteiger partial charge in [0.15, 0.2) is 0 Å². The van der Waals surface area contributed by atoms with Gasteiger partial charge in [-0.3, -0.25) is 9.00 Å². The summed E-state index contributed by atoms with van der Waals surface area (Å²) in [5.41, 5.74) is 0. The minimum absolute atomic E-state index is 0.265. The highest BCUT2D eigenvalue weighted by Gasteiger charge is 1.79. The fourth-order valence-corrected chi connectivity index (χ4v) is 0.117. The largest absolute Gasteiger partial charge is 0.778 e. The van der Waals surface area contributed by atoms with Gasteiger partial charge in [0, 0.05) is 6.92 Å². The number of rotatable bonds is 1. The van der Waals surface area contributed by atoms with Crippen molar-refractivity contribution in [1.29, 1.82) is 0 Å². The Kier molecular flexibility index (Phi) is 24.2. The molecular formula is C6H13O4SSi-. The number of carbonyl (C=O) groups excluding carboxylic acids is 1. The van der Waals surface area contributed by atoms with E-state index in [0.717, 1.165) is 6.26 Å². The Bertz CT molecular complexity index is 144. The molecule has 0 amide bonds. The van der Waals surface area contributed by atoms with Crippen LogP contribution >= 0.6 is 0 Å². The lowest BCUT2D eigenvalue weighted by molar-refractivity contribution is -0.135. The van der Waals surface area contributed by atoms with Crippen molar-refractivity contribution in [2.45, 2.75) is 6.92 Å². The fraction of sp³-hybridized carbons (Fsp3) is 0.167. The highest BCUT2D eigenvalue weighted by molar-refractivity contribution is 8.01. The van der Waals surface area contributed by atoms with Gasteiger partial charge in [0.1, 0.15) is 0 Å². The highest BCUT2D eigenvalue weighted by atomic mass is 32.4. The predicted octanol–water partition coefficient (Wildman–Crippen LogP) is -0.359. The molecule has 0 aliphatic heterocycles. The summed E-state index contributed by atoms with van der Waals surface area (Å²) in [5.74, 6) is -0.329. The van der Waals surface area contributed by atoms with Gasteiger partial charge in [-0.15, -0.1) is 13.2 Å². The first-order valence-corrected chi connectivity index (χ1v) is 6.73. The van der Waals surface area contributed by atoms with Crippen molar-refractivity contribution in [3.63, 3.8) is 0 Å². The standard InChI is InChI=1S/C4H6O2.C2H4.H4O2SSi/c1-3-6-4(2)5;1-2;1-3(2)4/h3H,1H2,2H3;1-2H2;4H3,(H,1,2)/p-1. The minimum Gasteiger partial charge on any atom is -0.778 e. The van der Waals surface area contributed by atoms with E-state index in [1.54, 1.807) is 0 Å². The van der Waals surface area contributed by atoms with Crippen molar-refractivity contribution >= 4 is 25.9 Å². The average molecular weight is 209 g/mol. The first kappa shape index (κ1) is 17.4. The summed E-state index contributed by atoms with van der Waals surface area (Å²) in [6.45, 7) is 10.5. The van der Waals surface area contributed by atoms with E-state index in [9.17, 15) is 4.79 Å². The van der Waals surface area contributed by atoms with Crippen molar-refractivity contribution in [2.24, 2.45) is 0 Å². The molecule has 12 heavy (non-hydrogen) atoms. The second-order valence-corrected chi connectivity index (χ2v) is 3.98. The highest BCUT2D eigenvalue weighted by Crippen LogP contribution is 1.70. The van der Waals surface area contributed by atoms with Crippen LogP contribution in [-0.4, -0.2) is 24.1 Å². The number of carbonyl (C=O) groups is 1. The minimum atomic E-state index is -1.72. The summed E-state index contributed by atoms with van der Waals surface area (Å²) >= 11 is 0. The molecule has 0 heterocycles. The van der Waals surface area contributed by atoms with Crippen molar-refractivity contribution < 1.29 is 18.3 Å². The van der Waals surface area contributed by atoms with Crippen molar-refractivity contribution in [3.05, 3.63) is 26.0 Å². The zero-order chi connectivity index (χ0) is 10.6. The van der Waals surface area contributed by atoms with Gasteiger partial charge in [-0.05, 0) is 0 Å². The molecule has 4 nitrogen and oxygen atoms in total. The van der Waals surface area contributed by atoms with Crippen LogP contribution in [0.4, 0.5) is 0 Å².